The summed E-state index contributed by atoms with van der Waals surface area (Å²) in [5, 5.41) is 0. The Morgan fingerprint density at radius 3 is 1.47 bits per heavy atom. The van der Waals surface area contributed by atoms with Crippen LogP contribution in [0.15, 0.2) is 84.9 Å². The molecule has 222 valence electrons. The van der Waals surface area contributed by atoms with E-state index in [1.54, 1.807) is 0 Å². The number of ether oxygens (including phenoxy) is 6. The minimum atomic E-state index is -0.486. The lowest BCUT2D eigenvalue weighted by atomic mass is 9.67. The molecular formula is C37H38O6. The highest BCUT2D eigenvalue weighted by Gasteiger charge is 2.46. The molecule has 0 N–H and O–H groups in total. The van der Waals surface area contributed by atoms with Gasteiger partial charge in [0.15, 0.2) is 0 Å². The van der Waals surface area contributed by atoms with Crippen molar-refractivity contribution in [2.75, 3.05) is 52.9 Å². The molecule has 0 spiro atoms. The van der Waals surface area contributed by atoms with E-state index in [0.29, 0.717) is 39.6 Å². The quantitative estimate of drug-likeness (QED) is 0.115. The third kappa shape index (κ3) is 5.68. The van der Waals surface area contributed by atoms with E-state index in [1.807, 2.05) is 0 Å². The maximum atomic E-state index is 6.14. The van der Waals surface area contributed by atoms with Crippen LogP contribution >= 0.6 is 0 Å². The van der Waals surface area contributed by atoms with Crippen molar-refractivity contribution in [1.29, 1.82) is 0 Å². The Hall–Kier alpha value is -3.68. The van der Waals surface area contributed by atoms with Gasteiger partial charge in [0.25, 0.3) is 0 Å². The smallest absolute Gasteiger partial charge is 0.122 e. The molecule has 6 heteroatoms. The molecular weight excluding hydrogens is 540 g/mol. The van der Waals surface area contributed by atoms with Crippen LogP contribution in [0, 0.1) is 13.8 Å². The Bertz CT molecular complexity index is 1470. The van der Waals surface area contributed by atoms with Crippen LogP contribution in [0.25, 0.3) is 11.1 Å². The third-order valence-corrected chi connectivity index (χ3v) is 8.55. The average molecular weight is 579 g/mol. The second-order valence-corrected chi connectivity index (χ2v) is 11.6. The topological polar surface area (TPSA) is 62.0 Å². The first-order valence-corrected chi connectivity index (χ1v) is 15.2. The Kier molecular flexibility index (Phi) is 7.93. The standard InChI is InChI=1S/C37H38O6/c1-25-19-27(11-13-35(25)40-17-15-38-21-29-23-42-29)37(33-9-5-3-7-31(33)32-8-4-6-10-34(32)37)28-12-14-36(26(2)20-28)41-18-16-39-22-30-24-43-30/h3-14,19-20,29-30H,15-18,21-24H2,1-2H3. The Labute approximate surface area is 253 Å². The number of hydrogen-bond donors (Lipinski definition) is 0. The molecule has 1 aliphatic carbocycles. The van der Waals surface area contributed by atoms with Gasteiger partial charge < -0.3 is 28.4 Å². The van der Waals surface area contributed by atoms with Crippen molar-refractivity contribution in [2.24, 2.45) is 0 Å². The lowest BCUT2D eigenvalue weighted by molar-refractivity contribution is 0.0876. The minimum Gasteiger partial charge on any atom is -0.491 e. The SMILES string of the molecule is Cc1cc(C2(c3ccc(OCCOCC4CO4)c(C)c3)c3ccccc3-c3ccccc32)ccc1OCCOCC1CO1. The number of hydrogen-bond acceptors (Lipinski definition) is 6. The van der Waals surface area contributed by atoms with E-state index in [0.717, 1.165) is 35.8 Å². The van der Waals surface area contributed by atoms with Crippen molar-refractivity contribution in [3.8, 4) is 22.6 Å². The van der Waals surface area contributed by atoms with Gasteiger partial charge in [0.05, 0.1) is 45.1 Å². The summed E-state index contributed by atoms with van der Waals surface area (Å²) in [4.78, 5) is 0. The van der Waals surface area contributed by atoms with Crippen molar-refractivity contribution >= 4 is 0 Å². The van der Waals surface area contributed by atoms with E-state index in [-0.39, 0.29) is 12.2 Å². The van der Waals surface area contributed by atoms with E-state index in [2.05, 4.69) is 98.8 Å². The van der Waals surface area contributed by atoms with Gasteiger partial charge in [0.1, 0.15) is 36.9 Å². The van der Waals surface area contributed by atoms with E-state index in [9.17, 15) is 0 Å². The zero-order chi connectivity index (χ0) is 29.2. The summed E-state index contributed by atoms with van der Waals surface area (Å²) in [7, 11) is 0. The molecule has 7 rings (SSSR count). The van der Waals surface area contributed by atoms with E-state index in [1.165, 1.54) is 33.4 Å². The van der Waals surface area contributed by atoms with Crippen molar-refractivity contribution in [1.82, 2.24) is 0 Å². The molecule has 0 amide bonds. The summed E-state index contributed by atoms with van der Waals surface area (Å²) in [6.07, 6.45) is 0.528. The van der Waals surface area contributed by atoms with Gasteiger partial charge in [-0.25, -0.2) is 0 Å². The number of aryl methyl sites for hydroxylation is 2. The molecule has 0 radical (unpaired) electrons. The highest BCUT2D eigenvalue weighted by atomic mass is 16.6. The molecule has 2 unspecified atom stereocenters. The largest absolute Gasteiger partial charge is 0.491 e. The Morgan fingerprint density at radius 1 is 0.605 bits per heavy atom. The fourth-order valence-corrected chi connectivity index (χ4v) is 6.29. The summed E-state index contributed by atoms with van der Waals surface area (Å²) in [5.74, 6) is 1.75. The van der Waals surface area contributed by atoms with Crippen molar-refractivity contribution in [3.05, 3.63) is 118 Å². The van der Waals surface area contributed by atoms with Gasteiger partial charge in [0, 0.05) is 0 Å². The molecule has 2 heterocycles. The highest BCUT2D eigenvalue weighted by molar-refractivity contribution is 5.86. The second-order valence-electron chi connectivity index (χ2n) is 11.6. The monoisotopic (exact) mass is 578 g/mol. The normalized spacial score (nSPS) is 19.0. The molecule has 2 saturated heterocycles. The molecule has 0 saturated carbocycles. The van der Waals surface area contributed by atoms with Gasteiger partial charge >= 0.3 is 0 Å². The Balaban J connectivity index is 1.21. The van der Waals surface area contributed by atoms with Crippen LogP contribution in [0.2, 0.25) is 0 Å². The molecule has 4 aromatic rings. The number of fused-ring (bicyclic) bond motifs is 3. The van der Waals surface area contributed by atoms with Gasteiger partial charge in [-0.15, -0.1) is 0 Å². The van der Waals surface area contributed by atoms with Gasteiger partial charge in [-0.3, -0.25) is 0 Å². The molecule has 2 fully saturated rings. The summed E-state index contributed by atoms with van der Waals surface area (Å²) >= 11 is 0. The summed E-state index contributed by atoms with van der Waals surface area (Å²) in [5.41, 5.74) is 9.22. The van der Waals surface area contributed by atoms with Gasteiger partial charge in [-0.05, 0) is 70.5 Å². The fourth-order valence-electron chi connectivity index (χ4n) is 6.29. The van der Waals surface area contributed by atoms with E-state index < -0.39 is 5.41 Å². The zero-order valence-corrected chi connectivity index (χ0v) is 24.8. The van der Waals surface area contributed by atoms with E-state index in [4.69, 9.17) is 28.4 Å². The summed E-state index contributed by atoms with van der Waals surface area (Å²) in [6.45, 7) is 9.21. The van der Waals surface area contributed by atoms with E-state index >= 15 is 0 Å². The zero-order valence-electron chi connectivity index (χ0n) is 24.8. The first kappa shape index (κ1) is 28.1. The average Bonchev–Trinajstić information content (AvgIpc) is 3.97. The second kappa shape index (κ2) is 12.1. The van der Waals surface area contributed by atoms with Crippen LogP contribution in [0.1, 0.15) is 33.4 Å². The molecule has 6 nitrogen and oxygen atoms in total. The highest BCUT2D eigenvalue weighted by Crippen LogP contribution is 2.56. The van der Waals surface area contributed by atoms with Crippen LogP contribution in [-0.4, -0.2) is 65.1 Å². The van der Waals surface area contributed by atoms with Gasteiger partial charge in [-0.2, -0.15) is 0 Å². The van der Waals surface area contributed by atoms with Crippen LogP contribution < -0.4 is 9.47 Å². The van der Waals surface area contributed by atoms with Crippen LogP contribution in [0.5, 0.6) is 11.5 Å². The summed E-state index contributed by atoms with van der Waals surface area (Å²) < 4.78 is 34.1. The molecule has 0 bridgehead atoms. The minimum absolute atomic E-state index is 0.264. The van der Waals surface area contributed by atoms with Gasteiger partial charge in [0.2, 0.25) is 0 Å². The number of rotatable bonds is 14. The first-order chi connectivity index (χ1) is 21.1. The van der Waals surface area contributed by atoms with Gasteiger partial charge in [-0.1, -0.05) is 72.8 Å². The number of epoxide rings is 2. The molecule has 43 heavy (non-hydrogen) atoms. The van der Waals surface area contributed by atoms with Crippen molar-refractivity contribution in [2.45, 2.75) is 31.5 Å². The molecule has 4 aromatic carbocycles. The molecule has 3 aliphatic rings. The lowest BCUT2D eigenvalue weighted by Crippen LogP contribution is -2.29. The Morgan fingerprint density at radius 2 is 1.05 bits per heavy atom. The van der Waals surface area contributed by atoms with Crippen molar-refractivity contribution in [3.63, 3.8) is 0 Å². The summed E-state index contributed by atoms with van der Waals surface area (Å²) in [6, 6.07) is 30.8. The van der Waals surface area contributed by atoms with Crippen LogP contribution in [0.4, 0.5) is 0 Å². The number of benzene rings is 4. The third-order valence-electron chi connectivity index (χ3n) is 8.55. The van der Waals surface area contributed by atoms with Crippen molar-refractivity contribution < 1.29 is 28.4 Å². The van der Waals surface area contributed by atoms with Crippen LogP contribution in [-0.2, 0) is 24.4 Å². The maximum Gasteiger partial charge on any atom is 0.122 e. The lowest BCUT2D eigenvalue weighted by Gasteiger charge is -2.34. The van der Waals surface area contributed by atoms with Crippen LogP contribution in [0.3, 0.4) is 0 Å². The maximum absolute atomic E-state index is 6.14. The first-order valence-electron chi connectivity index (χ1n) is 15.2. The fraction of sp³-hybridized carbons (Fsp3) is 0.351. The predicted molar refractivity (Wildman–Crippen MR) is 165 cm³/mol. The molecule has 0 aromatic heterocycles. The molecule has 2 aliphatic heterocycles. The predicted octanol–water partition coefficient (Wildman–Crippen LogP) is 6.25. The molecule has 2 atom stereocenters.